The number of fused-ring (bicyclic) bond motifs is 1. The Bertz CT molecular complexity index is 537. The van der Waals surface area contributed by atoms with Crippen LogP contribution in [0.15, 0.2) is 30.3 Å². The molecule has 0 saturated heterocycles. The molecular weight excluding hydrogens is 234 g/mol. The third-order valence-corrected chi connectivity index (χ3v) is 3.08. The molecule has 0 bridgehead atoms. The molecule has 2 N–H and O–H groups in total. The molecule has 2 rings (SSSR count). The predicted octanol–water partition coefficient (Wildman–Crippen LogP) is 3.39. The fourth-order valence-electron chi connectivity index (χ4n) is 2.10. The Labute approximate surface area is 106 Å². The molecule has 0 aliphatic heterocycles. The highest BCUT2D eigenvalue weighted by molar-refractivity contribution is 6.35. The number of hydrogen-bond donors (Lipinski definition) is 1. The van der Waals surface area contributed by atoms with Gasteiger partial charge in [-0.3, -0.25) is 0 Å². The van der Waals surface area contributed by atoms with Crippen molar-refractivity contribution in [1.29, 1.82) is 0 Å². The van der Waals surface area contributed by atoms with Gasteiger partial charge in [0.05, 0.1) is 7.11 Å². The highest BCUT2D eigenvalue weighted by Gasteiger charge is 2.12. The van der Waals surface area contributed by atoms with Crippen molar-refractivity contribution < 1.29 is 4.74 Å². The maximum Gasteiger partial charge on any atom is 0.130 e. The minimum absolute atomic E-state index is 0.0844. The molecule has 17 heavy (non-hydrogen) atoms. The molecule has 90 valence electrons. The number of hydrogen-bond acceptors (Lipinski definition) is 2. The summed E-state index contributed by atoms with van der Waals surface area (Å²) in [6.45, 7) is 1.97. The van der Waals surface area contributed by atoms with Crippen molar-refractivity contribution in [2.75, 3.05) is 7.11 Å². The Morgan fingerprint density at radius 1 is 1.29 bits per heavy atom. The molecule has 0 aliphatic rings. The highest BCUT2D eigenvalue weighted by Crippen LogP contribution is 2.35. The van der Waals surface area contributed by atoms with Crippen molar-refractivity contribution in [2.24, 2.45) is 5.73 Å². The minimum Gasteiger partial charge on any atom is -0.496 e. The monoisotopic (exact) mass is 249 g/mol. The Morgan fingerprint density at radius 3 is 2.53 bits per heavy atom. The van der Waals surface area contributed by atoms with Gasteiger partial charge in [-0.1, -0.05) is 35.9 Å². The molecule has 0 aliphatic carbocycles. The molecule has 0 heterocycles. The smallest absolute Gasteiger partial charge is 0.130 e. The van der Waals surface area contributed by atoms with E-state index >= 15 is 0 Å². The van der Waals surface area contributed by atoms with Crippen molar-refractivity contribution in [1.82, 2.24) is 0 Å². The van der Waals surface area contributed by atoms with E-state index in [2.05, 4.69) is 0 Å². The molecule has 0 radical (unpaired) electrons. The molecule has 0 aromatic heterocycles. The van der Waals surface area contributed by atoms with E-state index in [-0.39, 0.29) is 6.04 Å². The summed E-state index contributed by atoms with van der Waals surface area (Å²) in [6.07, 6.45) is 0.758. The average Bonchev–Trinajstić information content (AvgIpc) is 2.29. The van der Waals surface area contributed by atoms with E-state index in [4.69, 9.17) is 22.1 Å². The second-order valence-corrected chi connectivity index (χ2v) is 4.68. The lowest BCUT2D eigenvalue weighted by molar-refractivity contribution is 0.413. The van der Waals surface area contributed by atoms with Crippen LogP contribution in [0, 0.1) is 0 Å². The fourth-order valence-corrected chi connectivity index (χ4v) is 2.39. The first-order valence-corrected chi connectivity index (χ1v) is 6.01. The number of methoxy groups -OCH3 is 1. The predicted molar refractivity (Wildman–Crippen MR) is 72.9 cm³/mol. The largest absolute Gasteiger partial charge is 0.496 e. The lowest BCUT2D eigenvalue weighted by atomic mass is 10.0. The van der Waals surface area contributed by atoms with Crippen LogP contribution in [-0.4, -0.2) is 13.2 Å². The Kier molecular flexibility index (Phi) is 3.55. The minimum atomic E-state index is 0.0844. The van der Waals surface area contributed by atoms with Crippen LogP contribution >= 0.6 is 11.6 Å². The first kappa shape index (κ1) is 12.2. The number of nitrogens with two attached hydrogens (primary N) is 1. The summed E-state index contributed by atoms with van der Waals surface area (Å²) in [7, 11) is 1.68. The molecule has 2 aromatic carbocycles. The maximum absolute atomic E-state index is 6.28. The molecule has 2 aromatic rings. The summed E-state index contributed by atoms with van der Waals surface area (Å²) < 4.78 is 5.50. The lowest BCUT2D eigenvalue weighted by Gasteiger charge is -2.14. The molecule has 1 atom stereocenters. The van der Waals surface area contributed by atoms with Gasteiger partial charge >= 0.3 is 0 Å². The summed E-state index contributed by atoms with van der Waals surface area (Å²) in [5.74, 6) is 0.877. The van der Waals surface area contributed by atoms with Crippen LogP contribution in [0.5, 0.6) is 5.75 Å². The summed E-state index contributed by atoms with van der Waals surface area (Å²) in [5.41, 5.74) is 6.90. The van der Waals surface area contributed by atoms with Crippen LogP contribution in [-0.2, 0) is 6.42 Å². The first-order chi connectivity index (χ1) is 8.13. The average molecular weight is 250 g/mol. The SMILES string of the molecule is COc1c(CC(C)N)cc(Cl)c2ccccc12. The van der Waals surface area contributed by atoms with Gasteiger partial charge in [-0.15, -0.1) is 0 Å². The van der Waals surface area contributed by atoms with E-state index in [0.717, 1.165) is 33.5 Å². The van der Waals surface area contributed by atoms with Gasteiger partial charge < -0.3 is 10.5 Å². The van der Waals surface area contributed by atoms with Gasteiger partial charge in [-0.25, -0.2) is 0 Å². The van der Waals surface area contributed by atoms with Crippen molar-refractivity contribution in [3.63, 3.8) is 0 Å². The summed E-state index contributed by atoms with van der Waals surface area (Å²) >= 11 is 6.28. The molecule has 3 heteroatoms. The van der Waals surface area contributed by atoms with Gasteiger partial charge in [0.25, 0.3) is 0 Å². The zero-order valence-corrected chi connectivity index (χ0v) is 10.8. The first-order valence-electron chi connectivity index (χ1n) is 5.63. The van der Waals surface area contributed by atoms with E-state index in [1.807, 2.05) is 37.3 Å². The van der Waals surface area contributed by atoms with Gasteiger partial charge in [-0.05, 0) is 25.0 Å². The topological polar surface area (TPSA) is 35.2 Å². The van der Waals surface area contributed by atoms with Crippen LogP contribution < -0.4 is 10.5 Å². The second kappa shape index (κ2) is 4.94. The normalized spacial score (nSPS) is 12.7. The van der Waals surface area contributed by atoms with Crippen molar-refractivity contribution in [3.05, 3.63) is 40.9 Å². The number of rotatable bonds is 3. The zero-order valence-electron chi connectivity index (χ0n) is 10.0. The van der Waals surface area contributed by atoms with Crippen LogP contribution in [0.1, 0.15) is 12.5 Å². The Balaban J connectivity index is 2.68. The second-order valence-electron chi connectivity index (χ2n) is 4.28. The van der Waals surface area contributed by atoms with E-state index in [1.165, 1.54) is 0 Å². The van der Waals surface area contributed by atoms with Gasteiger partial charge in [0.1, 0.15) is 5.75 Å². The molecule has 0 spiro atoms. The third kappa shape index (κ3) is 2.38. The maximum atomic E-state index is 6.28. The molecule has 1 unspecified atom stereocenters. The quantitative estimate of drug-likeness (QED) is 0.905. The van der Waals surface area contributed by atoms with E-state index in [9.17, 15) is 0 Å². The van der Waals surface area contributed by atoms with Crippen LogP contribution in [0.2, 0.25) is 5.02 Å². The van der Waals surface area contributed by atoms with Crippen LogP contribution in [0.3, 0.4) is 0 Å². The molecule has 2 nitrogen and oxygen atoms in total. The molecule has 0 saturated carbocycles. The van der Waals surface area contributed by atoms with Crippen LogP contribution in [0.4, 0.5) is 0 Å². The molecule has 0 fully saturated rings. The standard InChI is InChI=1S/C14H16ClNO/c1-9(16)7-10-8-13(15)11-5-3-4-6-12(11)14(10)17-2/h3-6,8-9H,7,16H2,1-2H3. The highest BCUT2D eigenvalue weighted by atomic mass is 35.5. The zero-order chi connectivity index (χ0) is 12.4. The van der Waals surface area contributed by atoms with Crippen molar-refractivity contribution >= 4 is 22.4 Å². The number of ether oxygens (including phenoxy) is 1. The van der Waals surface area contributed by atoms with Gasteiger partial charge in [0, 0.05) is 21.8 Å². The van der Waals surface area contributed by atoms with E-state index in [0.29, 0.717) is 0 Å². The summed E-state index contributed by atoms with van der Waals surface area (Å²) in [5, 5.41) is 2.80. The Hall–Kier alpha value is -1.25. The third-order valence-electron chi connectivity index (χ3n) is 2.77. The fraction of sp³-hybridized carbons (Fsp3) is 0.286. The van der Waals surface area contributed by atoms with Crippen molar-refractivity contribution in [2.45, 2.75) is 19.4 Å². The lowest BCUT2D eigenvalue weighted by Crippen LogP contribution is -2.18. The summed E-state index contributed by atoms with van der Waals surface area (Å²) in [6, 6.07) is 10.0. The Morgan fingerprint density at radius 2 is 1.94 bits per heavy atom. The van der Waals surface area contributed by atoms with E-state index < -0.39 is 0 Å². The van der Waals surface area contributed by atoms with Gasteiger partial charge in [0.15, 0.2) is 0 Å². The van der Waals surface area contributed by atoms with Gasteiger partial charge in [-0.2, -0.15) is 0 Å². The summed E-state index contributed by atoms with van der Waals surface area (Å²) in [4.78, 5) is 0. The van der Waals surface area contributed by atoms with Crippen LogP contribution in [0.25, 0.3) is 10.8 Å². The van der Waals surface area contributed by atoms with E-state index in [1.54, 1.807) is 7.11 Å². The van der Waals surface area contributed by atoms with Crippen molar-refractivity contribution in [3.8, 4) is 5.75 Å². The molecule has 0 amide bonds. The van der Waals surface area contributed by atoms with Gasteiger partial charge in [0.2, 0.25) is 0 Å². The number of halogens is 1. The number of benzene rings is 2. The molecular formula is C14H16ClNO.